The van der Waals surface area contributed by atoms with Gasteiger partial charge in [0.2, 0.25) is 0 Å². The van der Waals surface area contributed by atoms with Crippen molar-refractivity contribution < 1.29 is 0 Å². The number of nitrogens with one attached hydrogen (secondary N) is 1. The Morgan fingerprint density at radius 1 is 1.26 bits per heavy atom. The van der Waals surface area contributed by atoms with Gasteiger partial charge in [-0.25, -0.2) is 9.97 Å². The Morgan fingerprint density at radius 3 is 2.74 bits per heavy atom. The molecule has 0 aromatic carbocycles. The van der Waals surface area contributed by atoms with Gasteiger partial charge in [-0.3, -0.25) is 0 Å². The fraction of sp³-hybridized carbons (Fsp3) is 0.733. The third-order valence-corrected chi connectivity index (χ3v) is 3.85. The molecule has 0 aliphatic carbocycles. The van der Waals surface area contributed by atoms with Crippen LogP contribution in [0.25, 0.3) is 0 Å². The molecule has 19 heavy (non-hydrogen) atoms. The van der Waals surface area contributed by atoms with Gasteiger partial charge in [-0.2, -0.15) is 0 Å². The van der Waals surface area contributed by atoms with E-state index in [0.717, 1.165) is 37.0 Å². The van der Waals surface area contributed by atoms with Gasteiger partial charge in [0.05, 0.1) is 0 Å². The molecule has 0 saturated carbocycles. The molecular formula is C15H26N4. The number of nitrogens with zero attached hydrogens (tertiary/aromatic N) is 3. The zero-order valence-electron chi connectivity index (χ0n) is 12.7. The minimum Gasteiger partial charge on any atom is -0.370 e. The molecule has 1 N–H and O–H groups in total. The Balaban J connectivity index is 2.30. The van der Waals surface area contributed by atoms with Crippen LogP contribution >= 0.6 is 0 Å². The quantitative estimate of drug-likeness (QED) is 0.904. The highest BCUT2D eigenvalue weighted by molar-refractivity contribution is 5.59. The zero-order valence-corrected chi connectivity index (χ0v) is 12.7. The van der Waals surface area contributed by atoms with Crippen molar-refractivity contribution in [1.29, 1.82) is 0 Å². The van der Waals surface area contributed by atoms with E-state index < -0.39 is 0 Å². The van der Waals surface area contributed by atoms with E-state index >= 15 is 0 Å². The van der Waals surface area contributed by atoms with Crippen LogP contribution in [-0.4, -0.2) is 29.1 Å². The number of hydrogen-bond acceptors (Lipinski definition) is 4. The second-order valence-corrected chi connectivity index (χ2v) is 5.53. The van der Waals surface area contributed by atoms with Crippen molar-refractivity contribution in [2.75, 3.05) is 23.3 Å². The first-order valence-corrected chi connectivity index (χ1v) is 7.49. The van der Waals surface area contributed by atoms with Crippen molar-refractivity contribution in [3.8, 4) is 0 Å². The second-order valence-electron chi connectivity index (χ2n) is 5.53. The van der Waals surface area contributed by atoms with Crippen LogP contribution in [0.1, 0.15) is 50.9 Å². The summed E-state index contributed by atoms with van der Waals surface area (Å²) in [6, 6.07) is 0.584. The van der Waals surface area contributed by atoms with Gasteiger partial charge in [-0.05, 0) is 46.5 Å². The predicted octanol–water partition coefficient (Wildman–Crippen LogP) is 3.29. The average molecular weight is 262 g/mol. The lowest BCUT2D eigenvalue weighted by Crippen LogP contribution is -2.38. The molecule has 1 saturated heterocycles. The van der Waals surface area contributed by atoms with Crippen molar-refractivity contribution in [2.45, 2.75) is 59.4 Å². The predicted molar refractivity (Wildman–Crippen MR) is 80.9 cm³/mol. The molecule has 4 heteroatoms. The number of anilines is 2. The summed E-state index contributed by atoms with van der Waals surface area (Å²) < 4.78 is 0. The largest absolute Gasteiger partial charge is 0.370 e. The molecule has 1 aromatic rings. The molecule has 1 aromatic heterocycles. The zero-order chi connectivity index (χ0) is 13.8. The van der Waals surface area contributed by atoms with E-state index in [0.29, 0.717) is 6.04 Å². The minimum atomic E-state index is 0.584. The van der Waals surface area contributed by atoms with Crippen LogP contribution < -0.4 is 10.2 Å². The Labute approximate surface area is 116 Å². The van der Waals surface area contributed by atoms with Crippen LogP contribution in [-0.2, 0) is 0 Å². The molecule has 106 valence electrons. The van der Waals surface area contributed by atoms with E-state index in [4.69, 9.17) is 4.98 Å². The maximum absolute atomic E-state index is 4.69. The summed E-state index contributed by atoms with van der Waals surface area (Å²) in [5.41, 5.74) is 1.19. The Kier molecular flexibility index (Phi) is 4.61. The normalized spacial score (nSPS) is 19.6. The standard InChI is InChI=1S/C15H26N4/c1-5-9-16-14-12(3)15(18-13(4)17-14)19-10-7-6-8-11(19)2/h11H,5-10H2,1-4H3,(H,16,17,18). The molecule has 0 amide bonds. The number of aryl methyl sites for hydroxylation is 1. The van der Waals surface area contributed by atoms with E-state index in [1.165, 1.54) is 24.8 Å². The van der Waals surface area contributed by atoms with Crippen LogP contribution in [0.15, 0.2) is 0 Å². The first kappa shape index (κ1) is 14.1. The fourth-order valence-corrected chi connectivity index (χ4v) is 2.72. The summed E-state index contributed by atoms with van der Waals surface area (Å²) >= 11 is 0. The van der Waals surface area contributed by atoms with Crippen molar-refractivity contribution >= 4 is 11.6 Å². The van der Waals surface area contributed by atoms with Crippen LogP contribution in [0, 0.1) is 13.8 Å². The molecule has 0 spiro atoms. The van der Waals surface area contributed by atoms with E-state index in [1.807, 2.05) is 6.92 Å². The number of rotatable bonds is 4. The highest BCUT2D eigenvalue weighted by atomic mass is 15.2. The third-order valence-electron chi connectivity index (χ3n) is 3.85. The Morgan fingerprint density at radius 2 is 2.05 bits per heavy atom. The lowest BCUT2D eigenvalue weighted by atomic mass is 10.0. The SMILES string of the molecule is CCCNc1nc(C)nc(N2CCCCC2C)c1C. The summed E-state index contributed by atoms with van der Waals surface area (Å²) in [7, 11) is 0. The molecule has 2 rings (SSSR count). The molecule has 0 bridgehead atoms. The first-order valence-electron chi connectivity index (χ1n) is 7.49. The molecular weight excluding hydrogens is 236 g/mol. The summed E-state index contributed by atoms with van der Waals surface area (Å²) in [6.45, 7) is 10.7. The lowest BCUT2D eigenvalue weighted by Gasteiger charge is -2.35. The topological polar surface area (TPSA) is 41.1 Å². The average Bonchev–Trinajstić information content (AvgIpc) is 2.40. The summed E-state index contributed by atoms with van der Waals surface area (Å²) in [5.74, 6) is 2.98. The van der Waals surface area contributed by atoms with Crippen molar-refractivity contribution in [2.24, 2.45) is 0 Å². The van der Waals surface area contributed by atoms with Gasteiger partial charge in [0.15, 0.2) is 0 Å². The van der Waals surface area contributed by atoms with Gasteiger partial charge in [-0.15, -0.1) is 0 Å². The second kappa shape index (κ2) is 6.22. The molecule has 1 atom stereocenters. The van der Waals surface area contributed by atoms with Crippen molar-refractivity contribution in [1.82, 2.24) is 9.97 Å². The lowest BCUT2D eigenvalue weighted by molar-refractivity contribution is 0.480. The molecule has 1 fully saturated rings. The molecule has 4 nitrogen and oxygen atoms in total. The van der Waals surface area contributed by atoms with Crippen LogP contribution in [0.4, 0.5) is 11.6 Å². The molecule has 1 aliphatic heterocycles. The smallest absolute Gasteiger partial charge is 0.137 e. The van der Waals surface area contributed by atoms with Gasteiger partial charge in [-0.1, -0.05) is 6.92 Å². The van der Waals surface area contributed by atoms with E-state index in [2.05, 4.69) is 36.0 Å². The van der Waals surface area contributed by atoms with Gasteiger partial charge < -0.3 is 10.2 Å². The van der Waals surface area contributed by atoms with Gasteiger partial charge in [0.1, 0.15) is 17.5 Å². The fourth-order valence-electron chi connectivity index (χ4n) is 2.72. The summed E-state index contributed by atoms with van der Waals surface area (Å²) in [6.07, 6.45) is 4.98. The number of aromatic nitrogens is 2. The maximum Gasteiger partial charge on any atom is 0.137 e. The first-order chi connectivity index (χ1) is 9.13. The van der Waals surface area contributed by atoms with Gasteiger partial charge >= 0.3 is 0 Å². The van der Waals surface area contributed by atoms with Gasteiger partial charge in [0, 0.05) is 24.7 Å². The number of hydrogen-bond donors (Lipinski definition) is 1. The molecule has 1 aliphatic rings. The number of piperidine rings is 1. The summed E-state index contributed by atoms with van der Waals surface area (Å²) in [4.78, 5) is 11.7. The Bertz CT molecular complexity index is 430. The molecule has 1 unspecified atom stereocenters. The van der Waals surface area contributed by atoms with Gasteiger partial charge in [0.25, 0.3) is 0 Å². The van der Waals surface area contributed by atoms with Crippen LogP contribution in [0.3, 0.4) is 0 Å². The highest BCUT2D eigenvalue weighted by Gasteiger charge is 2.22. The van der Waals surface area contributed by atoms with Crippen LogP contribution in [0.5, 0.6) is 0 Å². The monoisotopic (exact) mass is 262 g/mol. The maximum atomic E-state index is 4.69. The third kappa shape index (κ3) is 3.17. The summed E-state index contributed by atoms with van der Waals surface area (Å²) in [5, 5.41) is 3.42. The van der Waals surface area contributed by atoms with Crippen LogP contribution in [0.2, 0.25) is 0 Å². The minimum absolute atomic E-state index is 0.584. The molecule has 2 heterocycles. The van der Waals surface area contributed by atoms with Crippen molar-refractivity contribution in [3.63, 3.8) is 0 Å². The van der Waals surface area contributed by atoms with E-state index in [9.17, 15) is 0 Å². The Hall–Kier alpha value is -1.32. The van der Waals surface area contributed by atoms with E-state index in [-0.39, 0.29) is 0 Å². The van der Waals surface area contributed by atoms with E-state index in [1.54, 1.807) is 0 Å². The molecule has 0 radical (unpaired) electrons. The highest BCUT2D eigenvalue weighted by Crippen LogP contribution is 2.29. The van der Waals surface area contributed by atoms with Crippen molar-refractivity contribution in [3.05, 3.63) is 11.4 Å².